The molecular formula is C13H19N3O4S. The highest BCUT2D eigenvalue weighted by molar-refractivity contribution is 7.89. The molecule has 7 nitrogen and oxygen atoms in total. The van der Waals surface area contributed by atoms with Crippen LogP contribution < -0.4 is 5.73 Å². The number of hydrogen-bond donors (Lipinski definition) is 1. The second-order valence-corrected chi connectivity index (χ2v) is 7.14. The Hall–Kier alpha value is -1.51. The number of piperidine rings is 1. The van der Waals surface area contributed by atoms with E-state index in [0.717, 1.165) is 19.3 Å². The molecule has 21 heavy (non-hydrogen) atoms. The molecule has 1 unspecified atom stereocenters. The molecule has 1 aliphatic heterocycles. The molecule has 1 fully saturated rings. The lowest BCUT2D eigenvalue weighted by Gasteiger charge is -2.31. The summed E-state index contributed by atoms with van der Waals surface area (Å²) in [7, 11) is -3.59. The van der Waals surface area contributed by atoms with Gasteiger partial charge in [0.25, 0.3) is 5.69 Å². The third-order valence-corrected chi connectivity index (χ3v) is 5.62. The summed E-state index contributed by atoms with van der Waals surface area (Å²) in [5, 5.41) is 10.6. The zero-order valence-electron chi connectivity index (χ0n) is 11.6. The number of non-ortho nitro benzene ring substituents is 1. The van der Waals surface area contributed by atoms with Crippen molar-refractivity contribution in [2.75, 3.05) is 19.6 Å². The van der Waals surface area contributed by atoms with Gasteiger partial charge in [-0.05, 0) is 43.9 Å². The van der Waals surface area contributed by atoms with Gasteiger partial charge >= 0.3 is 0 Å². The summed E-state index contributed by atoms with van der Waals surface area (Å²) in [4.78, 5) is 10.2. The van der Waals surface area contributed by atoms with Crippen molar-refractivity contribution in [3.05, 3.63) is 34.4 Å². The lowest BCUT2D eigenvalue weighted by atomic mass is 9.96. The van der Waals surface area contributed by atoms with E-state index >= 15 is 0 Å². The van der Waals surface area contributed by atoms with Crippen molar-refractivity contribution in [3.63, 3.8) is 0 Å². The molecule has 1 aromatic carbocycles. The fourth-order valence-electron chi connectivity index (χ4n) is 2.61. The van der Waals surface area contributed by atoms with Gasteiger partial charge in [-0.1, -0.05) is 0 Å². The summed E-state index contributed by atoms with van der Waals surface area (Å²) in [5.41, 5.74) is 5.42. The first-order valence-electron chi connectivity index (χ1n) is 6.90. The van der Waals surface area contributed by atoms with Crippen LogP contribution in [0.3, 0.4) is 0 Å². The highest BCUT2D eigenvalue weighted by Gasteiger charge is 2.30. The molecule has 2 N–H and O–H groups in total. The minimum Gasteiger partial charge on any atom is -0.330 e. The van der Waals surface area contributed by atoms with Gasteiger partial charge in [-0.2, -0.15) is 4.31 Å². The van der Waals surface area contributed by atoms with Crippen LogP contribution in [-0.4, -0.2) is 37.3 Å². The third-order valence-electron chi connectivity index (χ3n) is 3.74. The average molecular weight is 313 g/mol. The fourth-order valence-corrected chi connectivity index (χ4v) is 4.16. The first-order chi connectivity index (χ1) is 9.95. The Morgan fingerprint density at radius 3 is 2.57 bits per heavy atom. The molecule has 8 heteroatoms. The van der Waals surface area contributed by atoms with Crippen molar-refractivity contribution in [2.45, 2.75) is 24.2 Å². The second kappa shape index (κ2) is 6.50. The van der Waals surface area contributed by atoms with Gasteiger partial charge in [0, 0.05) is 25.2 Å². The summed E-state index contributed by atoms with van der Waals surface area (Å²) < 4.78 is 26.5. The van der Waals surface area contributed by atoms with Crippen LogP contribution in [0.15, 0.2) is 29.2 Å². The summed E-state index contributed by atoms with van der Waals surface area (Å²) in [6, 6.07) is 5.02. The maximum absolute atomic E-state index is 12.5. The van der Waals surface area contributed by atoms with Crippen molar-refractivity contribution < 1.29 is 13.3 Å². The van der Waals surface area contributed by atoms with Crippen LogP contribution in [0.5, 0.6) is 0 Å². The number of rotatable bonds is 5. The Morgan fingerprint density at radius 2 is 2.00 bits per heavy atom. The fraction of sp³-hybridized carbons (Fsp3) is 0.538. The third kappa shape index (κ3) is 3.58. The van der Waals surface area contributed by atoms with Gasteiger partial charge in [0.1, 0.15) is 0 Å². The van der Waals surface area contributed by atoms with Crippen molar-refractivity contribution in [3.8, 4) is 0 Å². The van der Waals surface area contributed by atoms with E-state index in [0.29, 0.717) is 19.6 Å². The van der Waals surface area contributed by atoms with Crippen molar-refractivity contribution in [2.24, 2.45) is 11.7 Å². The zero-order chi connectivity index (χ0) is 15.5. The summed E-state index contributed by atoms with van der Waals surface area (Å²) >= 11 is 0. The standard InChI is InChI=1S/C13H19N3O4S/c14-8-7-11-2-1-9-15(10-11)21(19,20)13-5-3-12(4-6-13)16(17)18/h3-6,11H,1-2,7-10,14H2. The van der Waals surface area contributed by atoms with E-state index in [-0.39, 0.29) is 16.5 Å². The number of benzene rings is 1. The van der Waals surface area contributed by atoms with E-state index < -0.39 is 14.9 Å². The predicted octanol–water partition coefficient (Wildman–Crippen LogP) is 1.34. The van der Waals surface area contributed by atoms with Crippen LogP contribution in [0, 0.1) is 16.0 Å². The SMILES string of the molecule is NCCC1CCCN(S(=O)(=O)c2ccc([N+](=O)[O-])cc2)C1. The number of nitrogens with two attached hydrogens (primary N) is 1. The first kappa shape index (κ1) is 15.9. The van der Waals surface area contributed by atoms with Gasteiger partial charge in [-0.3, -0.25) is 10.1 Å². The maximum Gasteiger partial charge on any atom is 0.269 e. The molecule has 0 amide bonds. The first-order valence-corrected chi connectivity index (χ1v) is 8.34. The van der Waals surface area contributed by atoms with E-state index in [1.165, 1.54) is 28.6 Å². The maximum atomic E-state index is 12.5. The largest absolute Gasteiger partial charge is 0.330 e. The zero-order valence-corrected chi connectivity index (χ0v) is 12.5. The predicted molar refractivity (Wildman–Crippen MR) is 78.3 cm³/mol. The average Bonchev–Trinajstić information content (AvgIpc) is 2.48. The van der Waals surface area contributed by atoms with Gasteiger partial charge in [0.2, 0.25) is 10.0 Å². The summed E-state index contributed by atoms with van der Waals surface area (Å²) in [6.07, 6.45) is 2.62. The Bertz CT molecular complexity index is 598. The molecule has 0 aliphatic carbocycles. The van der Waals surface area contributed by atoms with E-state index in [9.17, 15) is 18.5 Å². The van der Waals surface area contributed by atoms with Gasteiger partial charge in [-0.15, -0.1) is 0 Å². The normalized spacial score (nSPS) is 20.3. The molecule has 2 rings (SSSR count). The van der Waals surface area contributed by atoms with Crippen LogP contribution in [0.25, 0.3) is 0 Å². The Labute approximate surface area is 123 Å². The summed E-state index contributed by atoms with van der Waals surface area (Å²) in [5.74, 6) is 0.288. The molecule has 1 heterocycles. The lowest BCUT2D eigenvalue weighted by Crippen LogP contribution is -2.40. The molecule has 0 saturated carbocycles. The Balaban J connectivity index is 2.18. The highest BCUT2D eigenvalue weighted by Crippen LogP contribution is 2.26. The van der Waals surface area contributed by atoms with Crippen LogP contribution in [0.4, 0.5) is 5.69 Å². The van der Waals surface area contributed by atoms with Gasteiger partial charge in [0.05, 0.1) is 9.82 Å². The number of nitrogens with zero attached hydrogens (tertiary/aromatic N) is 2. The second-order valence-electron chi connectivity index (χ2n) is 5.20. The molecule has 116 valence electrons. The van der Waals surface area contributed by atoms with Crippen LogP contribution in [0.2, 0.25) is 0 Å². The minimum absolute atomic E-state index is 0.0986. The topological polar surface area (TPSA) is 107 Å². The van der Waals surface area contributed by atoms with Crippen LogP contribution in [0.1, 0.15) is 19.3 Å². The molecule has 1 aliphatic rings. The van der Waals surface area contributed by atoms with Gasteiger partial charge in [-0.25, -0.2) is 8.42 Å². The smallest absolute Gasteiger partial charge is 0.269 e. The van der Waals surface area contributed by atoms with Crippen LogP contribution >= 0.6 is 0 Å². The number of hydrogen-bond acceptors (Lipinski definition) is 5. The highest BCUT2D eigenvalue weighted by atomic mass is 32.2. The number of nitro benzene ring substituents is 1. The quantitative estimate of drug-likeness (QED) is 0.652. The monoisotopic (exact) mass is 313 g/mol. The Morgan fingerprint density at radius 1 is 1.33 bits per heavy atom. The Kier molecular flexibility index (Phi) is 4.92. The van der Waals surface area contributed by atoms with E-state index in [2.05, 4.69) is 0 Å². The molecule has 1 aromatic rings. The van der Waals surface area contributed by atoms with Gasteiger partial charge < -0.3 is 5.73 Å². The molecule has 0 bridgehead atoms. The van der Waals surface area contributed by atoms with E-state index in [1.54, 1.807) is 0 Å². The lowest BCUT2D eigenvalue weighted by molar-refractivity contribution is -0.384. The van der Waals surface area contributed by atoms with Crippen LogP contribution in [-0.2, 0) is 10.0 Å². The molecular weight excluding hydrogens is 294 g/mol. The number of nitro groups is 1. The van der Waals surface area contributed by atoms with Crippen molar-refractivity contribution in [1.29, 1.82) is 0 Å². The van der Waals surface area contributed by atoms with E-state index in [1.807, 2.05) is 0 Å². The van der Waals surface area contributed by atoms with Gasteiger partial charge in [0.15, 0.2) is 0 Å². The number of sulfonamides is 1. The minimum atomic E-state index is -3.59. The van der Waals surface area contributed by atoms with E-state index in [4.69, 9.17) is 5.73 Å². The molecule has 0 aromatic heterocycles. The molecule has 0 radical (unpaired) electrons. The molecule has 1 saturated heterocycles. The van der Waals surface area contributed by atoms with Crippen molar-refractivity contribution in [1.82, 2.24) is 4.31 Å². The summed E-state index contributed by atoms with van der Waals surface area (Å²) in [6.45, 7) is 1.51. The molecule has 0 spiro atoms. The molecule has 1 atom stereocenters. The van der Waals surface area contributed by atoms with Crippen molar-refractivity contribution >= 4 is 15.7 Å².